The zero-order chi connectivity index (χ0) is 7.56. The standard InChI is InChI=1S/C7H8N2O/c1-5-3-7(8-4-10)6(2)9-5/h3,9H,1-2H3. The van der Waals surface area contributed by atoms with Gasteiger partial charge in [0.25, 0.3) is 0 Å². The van der Waals surface area contributed by atoms with Crippen LogP contribution in [-0.2, 0) is 4.79 Å². The fourth-order valence-electron chi connectivity index (χ4n) is 0.875. The van der Waals surface area contributed by atoms with Crippen molar-refractivity contribution in [2.24, 2.45) is 4.99 Å². The van der Waals surface area contributed by atoms with Gasteiger partial charge in [-0.25, -0.2) is 4.79 Å². The molecular weight excluding hydrogens is 128 g/mol. The summed E-state index contributed by atoms with van der Waals surface area (Å²) >= 11 is 0. The Hall–Kier alpha value is -1.34. The van der Waals surface area contributed by atoms with E-state index >= 15 is 0 Å². The van der Waals surface area contributed by atoms with Gasteiger partial charge in [-0.3, -0.25) is 0 Å². The lowest BCUT2D eigenvalue weighted by atomic mass is 10.4. The molecule has 0 saturated heterocycles. The van der Waals surface area contributed by atoms with E-state index in [4.69, 9.17) is 0 Å². The molecule has 3 nitrogen and oxygen atoms in total. The molecule has 0 atom stereocenters. The zero-order valence-corrected chi connectivity index (χ0v) is 5.93. The van der Waals surface area contributed by atoms with Crippen LogP contribution < -0.4 is 0 Å². The predicted octanol–water partition coefficient (Wildman–Crippen LogP) is 1.60. The van der Waals surface area contributed by atoms with Gasteiger partial charge in [0, 0.05) is 11.4 Å². The number of rotatable bonds is 1. The second-order valence-electron chi connectivity index (χ2n) is 2.17. The molecule has 0 spiro atoms. The van der Waals surface area contributed by atoms with Gasteiger partial charge in [-0.05, 0) is 19.9 Å². The molecule has 0 saturated carbocycles. The second-order valence-corrected chi connectivity index (χ2v) is 2.17. The molecule has 1 aromatic rings. The molecule has 0 amide bonds. The summed E-state index contributed by atoms with van der Waals surface area (Å²) in [5.74, 6) is 0. The van der Waals surface area contributed by atoms with Gasteiger partial charge in [0.05, 0.1) is 5.69 Å². The van der Waals surface area contributed by atoms with Crippen LogP contribution >= 0.6 is 0 Å². The van der Waals surface area contributed by atoms with Crippen molar-refractivity contribution in [3.63, 3.8) is 0 Å². The lowest BCUT2D eigenvalue weighted by molar-refractivity contribution is 0.565. The van der Waals surface area contributed by atoms with Crippen molar-refractivity contribution in [1.82, 2.24) is 4.98 Å². The molecule has 1 heterocycles. The van der Waals surface area contributed by atoms with E-state index in [0.29, 0.717) is 5.69 Å². The maximum absolute atomic E-state index is 9.83. The van der Waals surface area contributed by atoms with Gasteiger partial charge in [0.1, 0.15) is 0 Å². The highest BCUT2D eigenvalue weighted by molar-refractivity contribution is 5.52. The SMILES string of the molecule is Cc1cc(N=C=O)c(C)[nH]1. The third-order valence-electron chi connectivity index (χ3n) is 1.29. The van der Waals surface area contributed by atoms with Crippen LogP contribution in [0.5, 0.6) is 0 Å². The van der Waals surface area contributed by atoms with Crippen LogP contribution in [0.15, 0.2) is 11.1 Å². The molecule has 0 aliphatic carbocycles. The largest absolute Gasteiger partial charge is 0.361 e. The third-order valence-corrected chi connectivity index (χ3v) is 1.29. The molecule has 1 rings (SSSR count). The lowest BCUT2D eigenvalue weighted by Gasteiger charge is -1.82. The van der Waals surface area contributed by atoms with Crippen LogP contribution in [0.3, 0.4) is 0 Å². The number of isocyanates is 1. The van der Waals surface area contributed by atoms with E-state index in [2.05, 4.69) is 9.98 Å². The number of aliphatic imine (C=N–C) groups is 1. The minimum atomic E-state index is 0.674. The average Bonchev–Trinajstić information content (AvgIpc) is 2.13. The molecule has 0 unspecified atom stereocenters. The summed E-state index contributed by atoms with van der Waals surface area (Å²) in [6, 6.07) is 1.81. The van der Waals surface area contributed by atoms with Crippen LogP contribution in [-0.4, -0.2) is 11.1 Å². The molecule has 0 fully saturated rings. The number of nitrogens with zero attached hydrogens (tertiary/aromatic N) is 1. The first kappa shape index (κ1) is 6.78. The van der Waals surface area contributed by atoms with Crippen molar-refractivity contribution in [2.45, 2.75) is 13.8 Å². The van der Waals surface area contributed by atoms with Gasteiger partial charge < -0.3 is 4.98 Å². The van der Waals surface area contributed by atoms with Crippen molar-refractivity contribution >= 4 is 11.8 Å². The third kappa shape index (κ3) is 1.14. The molecule has 52 valence electrons. The zero-order valence-electron chi connectivity index (χ0n) is 5.93. The number of H-pyrrole nitrogens is 1. The summed E-state index contributed by atoms with van der Waals surface area (Å²) in [4.78, 5) is 16.3. The van der Waals surface area contributed by atoms with E-state index < -0.39 is 0 Å². The first-order valence-corrected chi connectivity index (χ1v) is 2.98. The summed E-state index contributed by atoms with van der Waals surface area (Å²) in [5, 5.41) is 0. The van der Waals surface area contributed by atoms with Crippen LogP contribution in [0.25, 0.3) is 0 Å². The molecule has 1 aromatic heterocycles. The Morgan fingerprint density at radius 1 is 1.60 bits per heavy atom. The van der Waals surface area contributed by atoms with E-state index in [1.807, 2.05) is 13.8 Å². The molecule has 10 heavy (non-hydrogen) atoms. The van der Waals surface area contributed by atoms with Gasteiger partial charge >= 0.3 is 0 Å². The maximum atomic E-state index is 9.83. The fourth-order valence-corrected chi connectivity index (χ4v) is 0.875. The van der Waals surface area contributed by atoms with Crippen LogP contribution in [0.4, 0.5) is 5.69 Å². The molecule has 0 radical (unpaired) electrons. The van der Waals surface area contributed by atoms with Crippen LogP contribution in [0.1, 0.15) is 11.4 Å². The van der Waals surface area contributed by atoms with Crippen molar-refractivity contribution in [2.75, 3.05) is 0 Å². The van der Waals surface area contributed by atoms with Gasteiger partial charge in [-0.2, -0.15) is 4.99 Å². The monoisotopic (exact) mass is 136 g/mol. The number of aromatic nitrogens is 1. The minimum absolute atomic E-state index is 0.674. The predicted molar refractivity (Wildman–Crippen MR) is 38.0 cm³/mol. The first-order chi connectivity index (χ1) is 4.74. The lowest BCUT2D eigenvalue weighted by Crippen LogP contribution is -1.69. The molecule has 0 aromatic carbocycles. The highest BCUT2D eigenvalue weighted by Gasteiger charge is 1.97. The Balaban J connectivity index is 3.14. The number of aromatic amines is 1. The molecule has 0 bridgehead atoms. The van der Waals surface area contributed by atoms with Gasteiger partial charge in [-0.1, -0.05) is 0 Å². The maximum Gasteiger partial charge on any atom is 0.240 e. The Kier molecular flexibility index (Phi) is 1.69. The minimum Gasteiger partial charge on any atom is -0.361 e. The Bertz CT molecular complexity index is 282. The smallest absolute Gasteiger partial charge is 0.240 e. The number of nitrogens with one attached hydrogen (secondary N) is 1. The van der Waals surface area contributed by atoms with Crippen LogP contribution in [0.2, 0.25) is 0 Å². The second kappa shape index (κ2) is 2.50. The Morgan fingerprint density at radius 2 is 2.30 bits per heavy atom. The van der Waals surface area contributed by atoms with Gasteiger partial charge in [0.2, 0.25) is 6.08 Å². The normalized spacial score (nSPS) is 9.00. The van der Waals surface area contributed by atoms with Gasteiger partial charge in [0.15, 0.2) is 0 Å². The van der Waals surface area contributed by atoms with E-state index in [1.165, 1.54) is 6.08 Å². The number of carbonyl (C=O) groups excluding carboxylic acids is 1. The highest BCUT2D eigenvalue weighted by Crippen LogP contribution is 2.17. The summed E-state index contributed by atoms with van der Waals surface area (Å²) in [6.07, 6.45) is 1.49. The molecule has 1 N–H and O–H groups in total. The van der Waals surface area contributed by atoms with Crippen molar-refractivity contribution in [1.29, 1.82) is 0 Å². The molecule has 0 aliphatic heterocycles. The van der Waals surface area contributed by atoms with Crippen molar-refractivity contribution in [3.8, 4) is 0 Å². The van der Waals surface area contributed by atoms with E-state index in [0.717, 1.165) is 11.4 Å². The van der Waals surface area contributed by atoms with Crippen molar-refractivity contribution in [3.05, 3.63) is 17.5 Å². The summed E-state index contributed by atoms with van der Waals surface area (Å²) in [7, 11) is 0. The van der Waals surface area contributed by atoms with Crippen LogP contribution in [0, 0.1) is 13.8 Å². The quantitative estimate of drug-likeness (QED) is 0.462. The number of hydrogen-bond acceptors (Lipinski definition) is 2. The summed E-state index contributed by atoms with van der Waals surface area (Å²) < 4.78 is 0. The van der Waals surface area contributed by atoms with Gasteiger partial charge in [-0.15, -0.1) is 0 Å². The number of aryl methyl sites for hydroxylation is 2. The highest BCUT2D eigenvalue weighted by atomic mass is 16.1. The molecular formula is C7H8N2O. The van der Waals surface area contributed by atoms with Crippen molar-refractivity contribution < 1.29 is 4.79 Å². The first-order valence-electron chi connectivity index (χ1n) is 2.98. The molecule has 0 aliphatic rings. The van der Waals surface area contributed by atoms with E-state index in [1.54, 1.807) is 6.07 Å². The Labute approximate surface area is 58.8 Å². The fraction of sp³-hybridized carbons (Fsp3) is 0.286. The average molecular weight is 136 g/mol. The van der Waals surface area contributed by atoms with E-state index in [9.17, 15) is 4.79 Å². The Morgan fingerprint density at radius 3 is 2.70 bits per heavy atom. The topological polar surface area (TPSA) is 45.2 Å². The summed E-state index contributed by atoms with van der Waals surface area (Å²) in [5.41, 5.74) is 2.58. The number of hydrogen-bond donors (Lipinski definition) is 1. The summed E-state index contributed by atoms with van der Waals surface area (Å²) in [6.45, 7) is 3.78. The molecule has 3 heteroatoms. The van der Waals surface area contributed by atoms with E-state index in [-0.39, 0.29) is 0 Å².